The minimum absolute atomic E-state index is 0.0214. The van der Waals surface area contributed by atoms with Crippen molar-refractivity contribution in [1.29, 1.82) is 0 Å². The standard InChI is InChI=1S/C5H8N2O4/c8-4(9)2-1-6-3(7-2)5(10)11/h1,4-5,8-11H,(H,6,7). The summed E-state index contributed by atoms with van der Waals surface area (Å²) in [6.07, 6.45) is -2.28. The third-order valence-electron chi connectivity index (χ3n) is 1.14. The number of aliphatic hydroxyl groups excluding tert-OH is 2. The Morgan fingerprint density at radius 3 is 2.09 bits per heavy atom. The first-order chi connectivity index (χ1) is 5.11. The average molecular weight is 160 g/mol. The number of H-pyrrole nitrogens is 1. The van der Waals surface area contributed by atoms with Crippen molar-refractivity contribution in [3.8, 4) is 0 Å². The highest BCUT2D eigenvalue weighted by molar-refractivity contribution is 5.02. The van der Waals surface area contributed by atoms with Crippen molar-refractivity contribution in [2.24, 2.45) is 0 Å². The number of aliphatic hydroxyl groups is 4. The van der Waals surface area contributed by atoms with Crippen LogP contribution in [-0.4, -0.2) is 30.4 Å². The number of rotatable bonds is 2. The topological polar surface area (TPSA) is 110 Å². The molecule has 11 heavy (non-hydrogen) atoms. The summed E-state index contributed by atoms with van der Waals surface area (Å²) in [7, 11) is 0. The smallest absolute Gasteiger partial charge is 0.212 e. The minimum atomic E-state index is -1.72. The van der Waals surface area contributed by atoms with Gasteiger partial charge in [-0.1, -0.05) is 0 Å². The van der Waals surface area contributed by atoms with Gasteiger partial charge in [-0.3, -0.25) is 0 Å². The molecule has 1 rings (SSSR count). The molecule has 6 nitrogen and oxygen atoms in total. The molecule has 0 saturated heterocycles. The predicted molar refractivity (Wildman–Crippen MR) is 32.9 cm³/mol. The quantitative estimate of drug-likeness (QED) is 0.334. The molecule has 0 saturated carbocycles. The van der Waals surface area contributed by atoms with Gasteiger partial charge in [-0.25, -0.2) is 4.98 Å². The first kappa shape index (κ1) is 8.15. The van der Waals surface area contributed by atoms with Crippen molar-refractivity contribution in [2.45, 2.75) is 12.6 Å². The third-order valence-corrected chi connectivity index (χ3v) is 1.14. The molecule has 0 bridgehead atoms. The second kappa shape index (κ2) is 2.97. The molecule has 0 aromatic carbocycles. The molecule has 1 aromatic heterocycles. The first-order valence-corrected chi connectivity index (χ1v) is 2.88. The highest BCUT2D eigenvalue weighted by Gasteiger charge is 2.10. The van der Waals surface area contributed by atoms with Crippen LogP contribution < -0.4 is 0 Å². The van der Waals surface area contributed by atoms with Crippen LogP contribution in [0.4, 0.5) is 0 Å². The van der Waals surface area contributed by atoms with Gasteiger partial charge in [0.05, 0.1) is 11.9 Å². The third kappa shape index (κ3) is 1.75. The lowest BCUT2D eigenvalue weighted by Crippen LogP contribution is -1.99. The SMILES string of the molecule is OC(O)c1cnc(C(O)O)[nH]1. The maximum absolute atomic E-state index is 8.54. The summed E-state index contributed by atoms with van der Waals surface area (Å²) in [5, 5.41) is 34.1. The van der Waals surface area contributed by atoms with Gasteiger partial charge in [0.15, 0.2) is 12.1 Å². The number of imidazole rings is 1. The minimum Gasteiger partial charge on any atom is -0.363 e. The van der Waals surface area contributed by atoms with E-state index >= 15 is 0 Å². The van der Waals surface area contributed by atoms with Crippen molar-refractivity contribution < 1.29 is 20.4 Å². The van der Waals surface area contributed by atoms with Crippen LogP contribution in [0.2, 0.25) is 0 Å². The fourth-order valence-electron chi connectivity index (χ4n) is 0.614. The van der Waals surface area contributed by atoms with E-state index in [0.29, 0.717) is 0 Å². The average Bonchev–Trinajstić information content (AvgIpc) is 2.33. The summed E-state index contributed by atoms with van der Waals surface area (Å²) >= 11 is 0. The van der Waals surface area contributed by atoms with E-state index in [4.69, 9.17) is 20.4 Å². The molecule has 0 atom stereocenters. The number of nitrogens with zero attached hydrogens (tertiary/aromatic N) is 1. The van der Waals surface area contributed by atoms with Crippen LogP contribution >= 0.6 is 0 Å². The Labute approximate surface area is 61.8 Å². The van der Waals surface area contributed by atoms with E-state index < -0.39 is 12.6 Å². The number of aromatic amines is 1. The fourth-order valence-corrected chi connectivity index (χ4v) is 0.614. The van der Waals surface area contributed by atoms with Crippen molar-refractivity contribution in [3.63, 3.8) is 0 Å². The van der Waals surface area contributed by atoms with Gasteiger partial charge in [-0.2, -0.15) is 0 Å². The first-order valence-electron chi connectivity index (χ1n) is 2.88. The largest absolute Gasteiger partial charge is 0.363 e. The normalized spacial score (nSPS) is 11.5. The van der Waals surface area contributed by atoms with Gasteiger partial charge in [-0.05, 0) is 0 Å². The molecule has 0 spiro atoms. The Morgan fingerprint density at radius 1 is 1.18 bits per heavy atom. The summed E-state index contributed by atoms with van der Waals surface area (Å²) < 4.78 is 0. The summed E-state index contributed by atoms with van der Waals surface area (Å²) in [5.41, 5.74) is 0.0214. The van der Waals surface area contributed by atoms with Gasteiger partial charge in [0, 0.05) is 0 Å². The van der Waals surface area contributed by atoms with Crippen LogP contribution in [0.3, 0.4) is 0 Å². The summed E-state index contributed by atoms with van der Waals surface area (Å²) in [6, 6.07) is 0. The number of hydrogen-bond donors (Lipinski definition) is 5. The zero-order chi connectivity index (χ0) is 8.43. The molecular formula is C5H8N2O4. The number of nitrogens with one attached hydrogen (secondary N) is 1. The van der Waals surface area contributed by atoms with Gasteiger partial charge >= 0.3 is 0 Å². The molecule has 0 unspecified atom stereocenters. The zero-order valence-electron chi connectivity index (χ0n) is 5.47. The van der Waals surface area contributed by atoms with E-state index in [2.05, 4.69) is 9.97 Å². The Hall–Kier alpha value is -0.950. The molecular weight excluding hydrogens is 152 g/mol. The van der Waals surface area contributed by atoms with Crippen molar-refractivity contribution in [2.75, 3.05) is 0 Å². The number of hydrogen-bond acceptors (Lipinski definition) is 5. The molecule has 0 aliphatic heterocycles. The van der Waals surface area contributed by atoms with E-state index in [0.717, 1.165) is 6.20 Å². The maximum atomic E-state index is 8.54. The van der Waals surface area contributed by atoms with Crippen LogP contribution in [-0.2, 0) is 0 Å². The van der Waals surface area contributed by atoms with Crippen LogP contribution in [0.25, 0.3) is 0 Å². The van der Waals surface area contributed by atoms with E-state index in [1.807, 2.05) is 0 Å². The van der Waals surface area contributed by atoms with Gasteiger partial charge in [0.1, 0.15) is 0 Å². The highest BCUT2D eigenvalue weighted by atomic mass is 16.5. The second-order valence-corrected chi connectivity index (χ2v) is 1.97. The molecule has 5 N–H and O–H groups in total. The van der Waals surface area contributed by atoms with Gasteiger partial charge in [0.2, 0.25) is 6.29 Å². The van der Waals surface area contributed by atoms with Gasteiger partial charge in [0.25, 0.3) is 0 Å². The van der Waals surface area contributed by atoms with Crippen LogP contribution in [0, 0.1) is 0 Å². The Balaban J connectivity index is 2.82. The Morgan fingerprint density at radius 2 is 1.82 bits per heavy atom. The van der Waals surface area contributed by atoms with Crippen molar-refractivity contribution in [3.05, 3.63) is 17.7 Å². The summed E-state index contributed by atoms with van der Waals surface area (Å²) in [6.45, 7) is 0. The summed E-state index contributed by atoms with van der Waals surface area (Å²) in [5.74, 6) is -0.117. The molecule has 1 heterocycles. The molecule has 62 valence electrons. The monoisotopic (exact) mass is 160 g/mol. The van der Waals surface area contributed by atoms with Crippen LogP contribution in [0.15, 0.2) is 6.20 Å². The van der Waals surface area contributed by atoms with Gasteiger partial charge in [-0.15, -0.1) is 0 Å². The molecule has 6 heteroatoms. The van der Waals surface area contributed by atoms with Gasteiger partial charge < -0.3 is 25.4 Å². The molecule has 0 amide bonds. The lowest BCUT2D eigenvalue weighted by molar-refractivity contribution is -0.0533. The molecule has 0 radical (unpaired) electrons. The fraction of sp³-hybridized carbons (Fsp3) is 0.400. The number of aromatic nitrogens is 2. The molecule has 1 aromatic rings. The van der Waals surface area contributed by atoms with Crippen molar-refractivity contribution >= 4 is 0 Å². The van der Waals surface area contributed by atoms with Crippen LogP contribution in [0.5, 0.6) is 0 Å². The zero-order valence-corrected chi connectivity index (χ0v) is 5.47. The Bertz CT molecular complexity index is 210. The van der Waals surface area contributed by atoms with E-state index in [9.17, 15) is 0 Å². The molecule has 0 fully saturated rings. The van der Waals surface area contributed by atoms with E-state index in [1.165, 1.54) is 0 Å². The predicted octanol–water partition coefficient (Wildman–Crippen LogP) is -1.62. The van der Waals surface area contributed by atoms with Crippen molar-refractivity contribution in [1.82, 2.24) is 9.97 Å². The van der Waals surface area contributed by atoms with Crippen LogP contribution in [0.1, 0.15) is 24.1 Å². The lowest BCUT2D eigenvalue weighted by Gasteiger charge is -1.98. The van der Waals surface area contributed by atoms with E-state index in [-0.39, 0.29) is 11.5 Å². The Kier molecular flexibility index (Phi) is 2.20. The van der Waals surface area contributed by atoms with E-state index in [1.54, 1.807) is 0 Å². The highest BCUT2D eigenvalue weighted by Crippen LogP contribution is 2.09. The summed E-state index contributed by atoms with van der Waals surface area (Å²) in [4.78, 5) is 5.76. The maximum Gasteiger partial charge on any atom is 0.212 e. The molecule has 0 aliphatic rings. The lowest BCUT2D eigenvalue weighted by atomic mass is 10.5. The second-order valence-electron chi connectivity index (χ2n) is 1.97. The molecule has 0 aliphatic carbocycles.